The third-order valence-electron chi connectivity index (χ3n) is 5.53. The number of carbonyl (C=O) groups is 1. The molecule has 0 atom stereocenters. The fourth-order valence-electron chi connectivity index (χ4n) is 3.83. The van der Waals surface area contributed by atoms with Gasteiger partial charge in [-0.1, -0.05) is 48.5 Å². The minimum Gasteiger partial charge on any atom is -0.494 e. The molecule has 1 aliphatic heterocycles. The first-order valence-electron chi connectivity index (χ1n) is 10.3. The van der Waals surface area contributed by atoms with Crippen LogP contribution in [0.1, 0.15) is 24.0 Å². The summed E-state index contributed by atoms with van der Waals surface area (Å²) < 4.78 is 5.95. The number of nitrogens with zero attached hydrogens (tertiary/aromatic N) is 1. The predicted molar refractivity (Wildman–Crippen MR) is 118 cm³/mol. The van der Waals surface area contributed by atoms with E-state index >= 15 is 0 Å². The van der Waals surface area contributed by atoms with Crippen molar-refractivity contribution in [2.24, 2.45) is 5.92 Å². The van der Waals surface area contributed by atoms with E-state index in [1.165, 1.54) is 21.9 Å². The SMILES string of the molecule is O=C(Cl)C1CN(Cc2ccc3cc(OCCCCc4ccccc4)ccc3c2)C1. The maximum Gasteiger partial charge on any atom is 0.227 e. The average Bonchev–Trinajstić information content (AvgIpc) is 2.70. The number of ether oxygens (including phenoxy) is 1. The first-order chi connectivity index (χ1) is 14.2. The molecule has 0 bridgehead atoms. The van der Waals surface area contributed by atoms with Gasteiger partial charge in [0.05, 0.1) is 12.5 Å². The normalized spacial score (nSPS) is 14.7. The van der Waals surface area contributed by atoms with E-state index in [9.17, 15) is 4.79 Å². The summed E-state index contributed by atoms with van der Waals surface area (Å²) in [6, 6.07) is 23.4. The number of unbranched alkanes of at least 4 members (excludes halogenated alkanes) is 1. The van der Waals surface area contributed by atoms with Crippen molar-refractivity contribution >= 4 is 27.6 Å². The minimum atomic E-state index is -0.215. The molecule has 1 aliphatic rings. The second kappa shape index (κ2) is 9.43. The second-order valence-corrected chi connectivity index (χ2v) is 8.20. The van der Waals surface area contributed by atoms with Crippen LogP contribution in [0, 0.1) is 5.92 Å². The van der Waals surface area contributed by atoms with Crippen molar-refractivity contribution in [1.82, 2.24) is 4.90 Å². The lowest BCUT2D eigenvalue weighted by atomic mass is 10.00. The molecule has 29 heavy (non-hydrogen) atoms. The van der Waals surface area contributed by atoms with E-state index in [0.29, 0.717) is 0 Å². The molecule has 3 nitrogen and oxygen atoms in total. The monoisotopic (exact) mass is 407 g/mol. The number of hydrogen-bond acceptors (Lipinski definition) is 3. The van der Waals surface area contributed by atoms with Gasteiger partial charge in [0.25, 0.3) is 0 Å². The zero-order chi connectivity index (χ0) is 20.1. The van der Waals surface area contributed by atoms with Gasteiger partial charge in [-0.25, -0.2) is 0 Å². The molecule has 1 heterocycles. The Morgan fingerprint density at radius 2 is 1.69 bits per heavy atom. The molecule has 150 valence electrons. The first-order valence-corrected chi connectivity index (χ1v) is 10.7. The summed E-state index contributed by atoms with van der Waals surface area (Å²) in [6.45, 7) is 3.12. The van der Waals surface area contributed by atoms with E-state index in [4.69, 9.17) is 16.3 Å². The van der Waals surface area contributed by atoms with E-state index in [1.807, 2.05) is 0 Å². The second-order valence-electron chi connectivity index (χ2n) is 7.83. The van der Waals surface area contributed by atoms with E-state index in [2.05, 4.69) is 71.6 Å². The molecule has 0 unspecified atom stereocenters. The van der Waals surface area contributed by atoms with E-state index < -0.39 is 0 Å². The number of hydrogen-bond donors (Lipinski definition) is 0. The van der Waals surface area contributed by atoms with Gasteiger partial charge in [-0.15, -0.1) is 0 Å². The first kappa shape index (κ1) is 19.9. The van der Waals surface area contributed by atoms with Crippen LogP contribution in [0.5, 0.6) is 5.75 Å². The van der Waals surface area contributed by atoms with Gasteiger partial charge in [0, 0.05) is 19.6 Å². The molecule has 1 fully saturated rings. The van der Waals surface area contributed by atoms with E-state index in [0.717, 1.165) is 51.3 Å². The lowest BCUT2D eigenvalue weighted by molar-refractivity contribution is -0.120. The number of halogens is 1. The highest BCUT2D eigenvalue weighted by molar-refractivity contribution is 6.64. The van der Waals surface area contributed by atoms with Crippen LogP contribution in [0.2, 0.25) is 0 Å². The van der Waals surface area contributed by atoms with Crippen molar-refractivity contribution in [2.45, 2.75) is 25.8 Å². The highest BCUT2D eigenvalue weighted by Crippen LogP contribution is 2.25. The standard InChI is InChI=1S/C25H26ClNO2/c26-25(28)23-17-27(18-23)16-20-9-10-22-15-24(12-11-21(22)14-20)29-13-5-4-8-19-6-2-1-3-7-19/h1-3,6-7,9-12,14-15,23H,4-5,8,13,16-18H2. The molecule has 0 amide bonds. The van der Waals surface area contributed by atoms with Crippen molar-refractivity contribution in [1.29, 1.82) is 0 Å². The minimum absolute atomic E-state index is 0.00419. The number of rotatable bonds is 9. The van der Waals surface area contributed by atoms with Gasteiger partial charge in [0.1, 0.15) is 5.75 Å². The molecule has 4 heteroatoms. The molecule has 4 rings (SSSR count). The molecule has 3 aromatic carbocycles. The van der Waals surface area contributed by atoms with E-state index in [-0.39, 0.29) is 11.2 Å². The molecule has 3 aromatic rings. The Morgan fingerprint density at radius 1 is 0.931 bits per heavy atom. The summed E-state index contributed by atoms with van der Waals surface area (Å²) in [6.07, 6.45) is 3.28. The van der Waals surface area contributed by atoms with Crippen molar-refractivity contribution in [3.63, 3.8) is 0 Å². The Bertz CT molecular complexity index is 967. The van der Waals surface area contributed by atoms with Gasteiger partial charge in [0.2, 0.25) is 5.24 Å². The fraction of sp³-hybridized carbons (Fsp3) is 0.320. The summed E-state index contributed by atoms with van der Waals surface area (Å²) in [5, 5.41) is 2.18. The summed E-state index contributed by atoms with van der Waals surface area (Å²) in [4.78, 5) is 13.4. The number of fused-ring (bicyclic) bond motifs is 1. The summed E-state index contributed by atoms with van der Waals surface area (Å²) >= 11 is 5.55. The average molecular weight is 408 g/mol. The van der Waals surface area contributed by atoms with Gasteiger partial charge < -0.3 is 4.74 Å². The van der Waals surface area contributed by atoms with Crippen LogP contribution in [-0.4, -0.2) is 29.8 Å². The lowest BCUT2D eigenvalue weighted by Crippen LogP contribution is -2.48. The Hall–Kier alpha value is -2.36. The Kier molecular flexibility index (Phi) is 6.48. The molecular weight excluding hydrogens is 382 g/mol. The quantitative estimate of drug-likeness (QED) is 0.349. The van der Waals surface area contributed by atoms with Crippen LogP contribution in [0.4, 0.5) is 0 Å². The zero-order valence-electron chi connectivity index (χ0n) is 16.5. The highest BCUT2D eigenvalue weighted by atomic mass is 35.5. The number of aryl methyl sites for hydroxylation is 1. The van der Waals surface area contributed by atoms with Gasteiger partial charge in [-0.3, -0.25) is 9.69 Å². The molecule has 0 spiro atoms. The Labute approximate surface area is 177 Å². The Balaban J connectivity index is 1.25. The zero-order valence-corrected chi connectivity index (χ0v) is 17.3. The lowest BCUT2D eigenvalue weighted by Gasteiger charge is -2.37. The molecule has 1 saturated heterocycles. The molecule has 0 radical (unpaired) electrons. The van der Waals surface area contributed by atoms with Gasteiger partial charge in [0.15, 0.2) is 0 Å². The number of benzene rings is 3. The van der Waals surface area contributed by atoms with Crippen molar-refractivity contribution in [2.75, 3.05) is 19.7 Å². The highest BCUT2D eigenvalue weighted by Gasteiger charge is 2.31. The topological polar surface area (TPSA) is 29.5 Å². The maximum absolute atomic E-state index is 11.1. The van der Waals surface area contributed by atoms with Crippen molar-refractivity contribution < 1.29 is 9.53 Å². The molecular formula is C25H26ClNO2. The van der Waals surface area contributed by atoms with Crippen LogP contribution in [0.15, 0.2) is 66.7 Å². The van der Waals surface area contributed by atoms with Gasteiger partial charge >= 0.3 is 0 Å². The largest absolute Gasteiger partial charge is 0.494 e. The predicted octanol–water partition coefficient (Wildman–Crippen LogP) is 5.44. The molecule has 0 saturated carbocycles. The smallest absolute Gasteiger partial charge is 0.227 e. The maximum atomic E-state index is 11.1. The summed E-state index contributed by atoms with van der Waals surface area (Å²) in [5.41, 5.74) is 2.64. The van der Waals surface area contributed by atoms with Crippen LogP contribution in [-0.2, 0) is 17.8 Å². The summed E-state index contributed by atoms with van der Waals surface area (Å²) in [7, 11) is 0. The van der Waals surface area contributed by atoms with Gasteiger partial charge in [-0.05, 0) is 71.0 Å². The van der Waals surface area contributed by atoms with Crippen molar-refractivity contribution in [3.8, 4) is 5.75 Å². The van der Waals surface area contributed by atoms with Gasteiger partial charge in [-0.2, -0.15) is 0 Å². The van der Waals surface area contributed by atoms with Crippen molar-refractivity contribution in [3.05, 3.63) is 77.9 Å². The van der Waals surface area contributed by atoms with Crippen LogP contribution >= 0.6 is 11.6 Å². The van der Waals surface area contributed by atoms with E-state index in [1.54, 1.807) is 0 Å². The third kappa shape index (κ3) is 5.37. The van der Waals surface area contributed by atoms with Crippen LogP contribution in [0.3, 0.4) is 0 Å². The third-order valence-corrected chi connectivity index (χ3v) is 5.84. The molecule has 0 N–H and O–H groups in total. The summed E-state index contributed by atoms with van der Waals surface area (Å²) in [5.74, 6) is 0.931. The fourth-order valence-corrected chi connectivity index (χ4v) is 3.97. The Morgan fingerprint density at radius 3 is 2.48 bits per heavy atom. The van der Waals surface area contributed by atoms with Crippen LogP contribution < -0.4 is 4.74 Å². The number of likely N-dealkylation sites (tertiary alicyclic amines) is 1. The molecule has 0 aromatic heterocycles. The molecule has 0 aliphatic carbocycles. The van der Waals surface area contributed by atoms with Crippen LogP contribution in [0.25, 0.3) is 10.8 Å². The number of carbonyl (C=O) groups excluding carboxylic acids is 1.